The Morgan fingerprint density at radius 1 is 1.30 bits per heavy atom. The lowest BCUT2D eigenvalue weighted by atomic mass is 9.65. The second-order valence-electron chi connectivity index (χ2n) is 8.10. The molecule has 2 N–H and O–H groups in total. The van der Waals surface area contributed by atoms with Crippen molar-refractivity contribution in [3.05, 3.63) is 47.1 Å². The summed E-state index contributed by atoms with van der Waals surface area (Å²) in [5.41, 5.74) is 1.67. The third-order valence-corrected chi connectivity index (χ3v) is 6.66. The number of aliphatic carboxylic acids is 1. The molecule has 0 radical (unpaired) electrons. The molecular weight excluding hydrogens is 402 g/mol. The Labute approximate surface area is 182 Å². The van der Waals surface area contributed by atoms with Crippen LogP contribution in [0.4, 0.5) is 17.2 Å². The Hall–Kier alpha value is -2.31. The quantitative estimate of drug-likeness (QED) is 0.645. The predicted molar refractivity (Wildman–Crippen MR) is 119 cm³/mol. The predicted octanol–water partition coefficient (Wildman–Crippen LogP) is 4.99. The van der Waals surface area contributed by atoms with Gasteiger partial charge >= 0.3 is 5.97 Å². The maximum absolute atomic E-state index is 12.0. The van der Waals surface area contributed by atoms with Gasteiger partial charge in [0.15, 0.2) is 5.82 Å². The van der Waals surface area contributed by atoms with Gasteiger partial charge in [-0.3, -0.25) is 4.79 Å². The summed E-state index contributed by atoms with van der Waals surface area (Å²) in [7, 11) is 0. The first-order valence-electron chi connectivity index (χ1n) is 10.6. The highest BCUT2D eigenvalue weighted by Gasteiger charge is 2.46. The molecule has 1 saturated carbocycles. The van der Waals surface area contributed by atoms with Crippen molar-refractivity contribution >= 4 is 34.8 Å². The first-order chi connectivity index (χ1) is 14.5. The number of ether oxygens (including phenoxy) is 1. The van der Waals surface area contributed by atoms with Crippen LogP contribution in [-0.4, -0.2) is 41.9 Å². The van der Waals surface area contributed by atoms with Gasteiger partial charge in [-0.25, -0.2) is 4.98 Å². The second kappa shape index (κ2) is 8.82. The molecule has 0 amide bonds. The summed E-state index contributed by atoms with van der Waals surface area (Å²) in [6.07, 6.45) is 5.91. The molecule has 30 heavy (non-hydrogen) atoms. The molecule has 0 atom stereocenters. The number of halogens is 1. The molecule has 160 valence electrons. The van der Waals surface area contributed by atoms with Crippen molar-refractivity contribution in [1.29, 1.82) is 0 Å². The van der Waals surface area contributed by atoms with Gasteiger partial charge in [-0.15, -0.1) is 0 Å². The number of pyridine rings is 1. The molecular formula is C23H28ClN3O3. The minimum atomic E-state index is -0.822. The van der Waals surface area contributed by atoms with E-state index in [4.69, 9.17) is 21.3 Å². The fourth-order valence-electron chi connectivity index (χ4n) is 4.46. The standard InChI is InChI=1S/C23H28ClN3O3/c1-2-27(19-8-12-30-13-9-19)21-20(26-18-6-4-17(24)5-7-18)14-16(15-25-21)23(22(28)29)10-3-11-23/h4-7,14-15,19,26H,2-3,8-13H2,1H3,(H,28,29). The van der Waals surface area contributed by atoms with Crippen LogP contribution in [-0.2, 0) is 14.9 Å². The molecule has 1 aromatic heterocycles. The summed E-state index contributed by atoms with van der Waals surface area (Å²) in [6, 6.07) is 9.83. The topological polar surface area (TPSA) is 74.7 Å². The van der Waals surface area contributed by atoms with Crippen LogP contribution >= 0.6 is 11.6 Å². The van der Waals surface area contributed by atoms with Crippen LogP contribution in [0.1, 0.15) is 44.6 Å². The molecule has 2 fully saturated rings. The lowest BCUT2D eigenvalue weighted by Gasteiger charge is -2.39. The van der Waals surface area contributed by atoms with Crippen molar-refractivity contribution in [2.45, 2.75) is 50.5 Å². The largest absolute Gasteiger partial charge is 0.481 e. The highest BCUT2D eigenvalue weighted by molar-refractivity contribution is 6.30. The van der Waals surface area contributed by atoms with Crippen LogP contribution in [0.15, 0.2) is 36.5 Å². The van der Waals surface area contributed by atoms with Crippen molar-refractivity contribution in [1.82, 2.24) is 4.98 Å². The Morgan fingerprint density at radius 2 is 2.00 bits per heavy atom. The summed E-state index contributed by atoms with van der Waals surface area (Å²) >= 11 is 6.04. The molecule has 6 nitrogen and oxygen atoms in total. The highest BCUT2D eigenvalue weighted by atomic mass is 35.5. The summed E-state index contributed by atoms with van der Waals surface area (Å²) in [5.74, 6) is 0.0838. The number of anilines is 3. The van der Waals surface area contributed by atoms with Crippen molar-refractivity contribution in [2.75, 3.05) is 30.0 Å². The third-order valence-electron chi connectivity index (χ3n) is 6.40. The van der Waals surface area contributed by atoms with E-state index in [1.807, 2.05) is 30.3 Å². The Bertz CT molecular complexity index is 893. The highest BCUT2D eigenvalue weighted by Crippen LogP contribution is 2.45. The fraction of sp³-hybridized carbons (Fsp3) is 0.478. The monoisotopic (exact) mass is 429 g/mol. The first-order valence-corrected chi connectivity index (χ1v) is 11.0. The summed E-state index contributed by atoms with van der Waals surface area (Å²) in [6.45, 7) is 4.45. The van der Waals surface area contributed by atoms with Gasteiger partial charge in [0.1, 0.15) is 0 Å². The number of nitrogens with one attached hydrogen (secondary N) is 1. The van der Waals surface area contributed by atoms with E-state index >= 15 is 0 Å². The van der Waals surface area contributed by atoms with Crippen molar-refractivity contribution in [3.8, 4) is 0 Å². The van der Waals surface area contributed by atoms with Crippen LogP contribution in [0.2, 0.25) is 5.02 Å². The van der Waals surface area contributed by atoms with Gasteiger partial charge in [0.25, 0.3) is 0 Å². The van der Waals surface area contributed by atoms with E-state index in [-0.39, 0.29) is 0 Å². The Morgan fingerprint density at radius 3 is 2.57 bits per heavy atom. The maximum atomic E-state index is 12.0. The maximum Gasteiger partial charge on any atom is 0.314 e. The number of benzene rings is 1. The summed E-state index contributed by atoms with van der Waals surface area (Å²) in [4.78, 5) is 19.2. The minimum Gasteiger partial charge on any atom is -0.481 e. The molecule has 1 aliphatic heterocycles. The number of hydrogen-bond donors (Lipinski definition) is 2. The molecule has 2 aliphatic rings. The minimum absolute atomic E-state index is 0.352. The molecule has 4 rings (SSSR count). The number of rotatable bonds is 7. The number of carboxylic acid groups (broad SMARTS) is 1. The van der Waals surface area contributed by atoms with Crippen LogP contribution in [0.3, 0.4) is 0 Å². The number of aromatic nitrogens is 1. The van der Waals surface area contributed by atoms with Gasteiger partial charge in [0.05, 0.1) is 11.1 Å². The van der Waals surface area contributed by atoms with E-state index in [0.717, 1.165) is 61.8 Å². The number of carboxylic acids is 1. The molecule has 2 heterocycles. The number of nitrogens with zero attached hydrogens (tertiary/aromatic N) is 2. The Balaban J connectivity index is 1.74. The van der Waals surface area contributed by atoms with E-state index in [1.165, 1.54) is 0 Å². The van der Waals surface area contributed by atoms with E-state index in [1.54, 1.807) is 6.20 Å². The van der Waals surface area contributed by atoms with Gasteiger partial charge in [-0.1, -0.05) is 18.0 Å². The van der Waals surface area contributed by atoms with E-state index in [9.17, 15) is 9.90 Å². The number of carbonyl (C=O) groups is 1. The lowest BCUT2D eigenvalue weighted by molar-refractivity contribution is -0.147. The van der Waals surface area contributed by atoms with E-state index in [2.05, 4.69) is 17.1 Å². The molecule has 1 aliphatic carbocycles. The average Bonchev–Trinajstić information content (AvgIpc) is 2.71. The smallest absolute Gasteiger partial charge is 0.314 e. The van der Waals surface area contributed by atoms with Crippen molar-refractivity contribution < 1.29 is 14.6 Å². The van der Waals surface area contributed by atoms with Crippen LogP contribution in [0, 0.1) is 0 Å². The van der Waals surface area contributed by atoms with Gasteiger partial charge in [-0.05, 0) is 68.5 Å². The van der Waals surface area contributed by atoms with Crippen LogP contribution in [0.5, 0.6) is 0 Å². The lowest BCUT2D eigenvalue weighted by Crippen LogP contribution is -2.43. The van der Waals surface area contributed by atoms with E-state index in [0.29, 0.717) is 23.9 Å². The Kier molecular flexibility index (Phi) is 6.16. The van der Waals surface area contributed by atoms with Gasteiger partial charge in [0, 0.05) is 42.7 Å². The van der Waals surface area contributed by atoms with Gasteiger partial charge < -0.3 is 20.1 Å². The van der Waals surface area contributed by atoms with Crippen LogP contribution < -0.4 is 10.2 Å². The number of hydrogen-bond acceptors (Lipinski definition) is 5. The molecule has 2 aromatic rings. The zero-order chi connectivity index (χ0) is 21.1. The average molecular weight is 430 g/mol. The van der Waals surface area contributed by atoms with E-state index < -0.39 is 11.4 Å². The third kappa shape index (κ3) is 3.98. The zero-order valence-corrected chi connectivity index (χ0v) is 18.0. The van der Waals surface area contributed by atoms with Gasteiger partial charge in [-0.2, -0.15) is 0 Å². The molecule has 0 spiro atoms. The normalized spacial score (nSPS) is 18.5. The summed E-state index contributed by atoms with van der Waals surface area (Å²) in [5, 5.41) is 14.0. The molecule has 1 saturated heterocycles. The van der Waals surface area contributed by atoms with Crippen LogP contribution in [0.25, 0.3) is 0 Å². The molecule has 1 aromatic carbocycles. The summed E-state index contributed by atoms with van der Waals surface area (Å²) < 4.78 is 5.54. The molecule has 0 bridgehead atoms. The van der Waals surface area contributed by atoms with Gasteiger partial charge in [0.2, 0.25) is 0 Å². The van der Waals surface area contributed by atoms with Crippen molar-refractivity contribution in [3.63, 3.8) is 0 Å². The first kappa shape index (κ1) is 20.9. The molecule has 7 heteroatoms. The molecule has 0 unspecified atom stereocenters. The van der Waals surface area contributed by atoms with Crippen molar-refractivity contribution in [2.24, 2.45) is 0 Å². The SMILES string of the molecule is CCN(c1ncc(C2(C(=O)O)CCC2)cc1Nc1ccc(Cl)cc1)C1CCOCC1. The second-order valence-corrected chi connectivity index (χ2v) is 8.53. The fourth-order valence-corrected chi connectivity index (χ4v) is 4.59. The zero-order valence-electron chi connectivity index (χ0n) is 17.2.